The lowest BCUT2D eigenvalue weighted by atomic mass is 9.93. The Bertz CT molecular complexity index is 1320. The van der Waals surface area contributed by atoms with Crippen molar-refractivity contribution in [3.8, 4) is 0 Å². The van der Waals surface area contributed by atoms with Gasteiger partial charge in [-0.2, -0.15) is 13.2 Å². The fraction of sp³-hybridized carbons (Fsp3) is 0.333. The lowest BCUT2D eigenvalue weighted by Gasteiger charge is -2.33. The summed E-state index contributed by atoms with van der Waals surface area (Å²) in [5, 5.41) is 9.02. The summed E-state index contributed by atoms with van der Waals surface area (Å²) in [6, 6.07) is 3.45. The Morgan fingerprint density at radius 3 is 2.49 bits per heavy atom. The van der Waals surface area contributed by atoms with Gasteiger partial charge in [-0.3, -0.25) is 0 Å². The van der Waals surface area contributed by atoms with Gasteiger partial charge >= 0.3 is 12.1 Å². The number of fused-ring (bicyclic) bond motifs is 1. The van der Waals surface area contributed by atoms with E-state index in [-0.39, 0.29) is 31.8 Å². The number of hydrogen-bond acceptors (Lipinski definition) is 5. The zero-order valence-corrected chi connectivity index (χ0v) is 18.4. The van der Waals surface area contributed by atoms with Crippen LogP contribution in [0.5, 0.6) is 0 Å². The molecule has 1 aromatic carbocycles. The molecule has 2 N–H and O–H groups in total. The van der Waals surface area contributed by atoms with Crippen molar-refractivity contribution in [2.45, 2.75) is 37.0 Å². The number of allylic oxidation sites excluding steroid dienone is 4. The van der Waals surface area contributed by atoms with Crippen LogP contribution in [0, 0.1) is 0 Å². The molecular formula is C24H21F4N5O2. The number of alkyl halides is 4. The highest BCUT2D eigenvalue weighted by Gasteiger charge is 2.42. The van der Waals surface area contributed by atoms with Gasteiger partial charge in [-0.1, -0.05) is 18.2 Å². The van der Waals surface area contributed by atoms with Gasteiger partial charge < -0.3 is 15.0 Å². The first-order valence-electron chi connectivity index (χ1n) is 11.1. The first kappa shape index (κ1) is 23.0. The fourth-order valence-electron chi connectivity index (χ4n) is 4.33. The van der Waals surface area contributed by atoms with Gasteiger partial charge in [0.05, 0.1) is 16.6 Å². The zero-order valence-electron chi connectivity index (χ0n) is 18.4. The number of carboxylic acid groups (broad SMARTS) is 1. The van der Waals surface area contributed by atoms with E-state index in [0.29, 0.717) is 29.2 Å². The van der Waals surface area contributed by atoms with E-state index in [1.165, 1.54) is 6.07 Å². The first-order valence-corrected chi connectivity index (χ1v) is 11.1. The summed E-state index contributed by atoms with van der Waals surface area (Å²) in [4.78, 5) is 29.0. The molecule has 3 heterocycles. The summed E-state index contributed by atoms with van der Waals surface area (Å²) in [5.41, 5.74) is -0.425. The van der Waals surface area contributed by atoms with Crippen LogP contribution in [0.15, 0.2) is 48.8 Å². The Kier molecular flexibility index (Phi) is 5.57. The second-order valence-electron chi connectivity index (χ2n) is 8.74. The average Bonchev–Trinajstić information content (AvgIpc) is 3.28. The Hall–Kier alpha value is -3.76. The number of hydrogen-bond donors (Lipinski definition) is 2. The van der Waals surface area contributed by atoms with E-state index in [1.54, 1.807) is 17.3 Å². The van der Waals surface area contributed by atoms with E-state index in [2.05, 4.69) is 19.9 Å². The third kappa shape index (κ3) is 4.50. The third-order valence-corrected chi connectivity index (χ3v) is 6.47. The molecule has 2 aromatic heterocycles. The SMILES string of the molecule is O=C(O)C1(F)CCN(c2ncc(C3=CCC(c4nc5ccc(C(F)(F)F)cc5[nH]4)C=C3)cn2)CC1. The molecule has 0 radical (unpaired) electrons. The van der Waals surface area contributed by atoms with Crippen molar-refractivity contribution in [1.29, 1.82) is 0 Å². The van der Waals surface area contributed by atoms with Gasteiger partial charge in [-0.15, -0.1) is 0 Å². The van der Waals surface area contributed by atoms with Crippen LogP contribution in [0.1, 0.15) is 42.1 Å². The van der Waals surface area contributed by atoms with Crippen molar-refractivity contribution < 1.29 is 27.5 Å². The first-order chi connectivity index (χ1) is 16.6. The van der Waals surface area contributed by atoms with Crippen molar-refractivity contribution in [3.63, 3.8) is 0 Å². The van der Waals surface area contributed by atoms with Gasteiger partial charge in [-0.25, -0.2) is 24.1 Å². The van der Waals surface area contributed by atoms with Crippen LogP contribution in [0.4, 0.5) is 23.5 Å². The second kappa shape index (κ2) is 8.47. The molecule has 0 bridgehead atoms. The highest BCUT2D eigenvalue weighted by molar-refractivity contribution is 5.78. The molecule has 0 spiro atoms. The van der Waals surface area contributed by atoms with E-state index in [9.17, 15) is 22.4 Å². The molecule has 5 rings (SSSR count). The van der Waals surface area contributed by atoms with Gasteiger partial charge in [-0.05, 0) is 30.2 Å². The van der Waals surface area contributed by atoms with Gasteiger partial charge in [0.2, 0.25) is 11.6 Å². The van der Waals surface area contributed by atoms with Crippen molar-refractivity contribution in [1.82, 2.24) is 19.9 Å². The van der Waals surface area contributed by atoms with Gasteiger partial charge in [0.1, 0.15) is 5.82 Å². The molecule has 1 aliphatic carbocycles. The zero-order chi connectivity index (χ0) is 24.8. The minimum absolute atomic E-state index is 0.107. The van der Waals surface area contributed by atoms with Crippen LogP contribution < -0.4 is 4.90 Å². The number of benzene rings is 1. The lowest BCUT2D eigenvalue weighted by molar-refractivity contribution is -0.152. The lowest BCUT2D eigenvalue weighted by Crippen LogP contribution is -2.47. The number of piperidine rings is 1. The van der Waals surface area contributed by atoms with Gasteiger partial charge in [0, 0.05) is 49.8 Å². The Morgan fingerprint density at radius 2 is 1.89 bits per heavy atom. The smallest absolute Gasteiger partial charge is 0.416 e. The van der Waals surface area contributed by atoms with Crippen LogP contribution in [0.25, 0.3) is 16.6 Å². The average molecular weight is 487 g/mol. The van der Waals surface area contributed by atoms with Crippen LogP contribution in [-0.2, 0) is 11.0 Å². The molecule has 2 aliphatic rings. The van der Waals surface area contributed by atoms with Crippen molar-refractivity contribution in [3.05, 3.63) is 65.8 Å². The van der Waals surface area contributed by atoms with E-state index in [0.717, 1.165) is 23.3 Å². The van der Waals surface area contributed by atoms with E-state index in [4.69, 9.17) is 5.11 Å². The van der Waals surface area contributed by atoms with Crippen molar-refractivity contribution in [2.24, 2.45) is 0 Å². The van der Waals surface area contributed by atoms with Crippen LogP contribution in [-0.4, -0.2) is 49.8 Å². The van der Waals surface area contributed by atoms with Gasteiger partial charge in [0.15, 0.2) is 0 Å². The summed E-state index contributed by atoms with van der Waals surface area (Å²) in [6.07, 6.45) is 5.07. The molecule has 1 aliphatic heterocycles. The number of aliphatic carboxylic acids is 1. The van der Waals surface area contributed by atoms with Crippen LogP contribution in [0.3, 0.4) is 0 Å². The summed E-state index contributed by atoms with van der Waals surface area (Å²) < 4.78 is 53.1. The molecule has 1 saturated heterocycles. The summed E-state index contributed by atoms with van der Waals surface area (Å²) >= 11 is 0. The maximum Gasteiger partial charge on any atom is 0.416 e. The molecule has 182 valence electrons. The number of H-pyrrole nitrogens is 1. The van der Waals surface area contributed by atoms with E-state index >= 15 is 0 Å². The number of nitrogens with one attached hydrogen (secondary N) is 1. The number of halogens is 4. The number of nitrogens with zero attached hydrogens (tertiary/aromatic N) is 4. The number of rotatable bonds is 4. The second-order valence-corrected chi connectivity index (χ2v) is 8.74. The minimum Gasteiger partial charge on any atom is -0.479 e. The fourth-order valence-corrected chi connectivity index (χ4v) is 4.33. The third-order valence-electron chi connectivity index (χ3n) is 6.47. The Morgan fingerprint density at radius 1 is 1.17 bits per heavy atom. The summed E-state index contributed by atoms with van der Waals surface area (Å²) in [6.45, 7) is 0.433. The standard InChI is InChI=1S/C24H21F4N5O2/c25-23(21(34)35)7-9-33(10-8-23)22-29-12-16(13-30-22)14-1-3-15(4-2-14)20-31-18-6-5-17(24(26,27)28)11-19(18)32-20/h1-3,5-6,11-13,15H,4,7-10H2,(H,31,32)(H,34,35). The number of aromatic amines is 1. The Labute approximate surface area is 197 Å². The van der Waals surface area contributed by atoms with Crippen molar-refractivity contribution >= 4 is 28.5 Å². The maximum atomic E-state index is 14.2. The van der Waals surface area contributed by atoms with E-state index in [1.807, 2.05) is 18.2 Å². The van der Waals surface area contributed by atoms with Crippen LogP contribution in [0.2, 0.25) is 0 Å². The quantitative estimate of drug-likeness (QED) is 0.509. The Balaban J connectivity index is 1.25. The number of carboxylic acids is 1. The molecule has 3 aromatic rings. The molecule has 0 amide bonds. The molecule has 7 nitrogen and oxygen atoms in total. The summed E-state index contributed by atoms with van der Waals surface area (Å²) in [7, 11) is 0. The molecule has 1 unspecified atom stereocenters. The number of imidazole rings is 1. The molecule has 11 heteroatoms. The number of anilines is 1. The molecule has 0 saturated carbocycles. The number of carbonyl (C=O) groups is 1. The minimum atomic E-state index is -4.41. The predicted octanol–water partition coefficient (Wildman–Crippen LogP) is 4.89. The molecular weight excluding hydrogens is 466 g/mol. The highest BCUT2D eigenvalue weighted by Crippen LogP contribution is 2.34. The monoisotopic (exact) mass is 487 g/mol. The topological polar surface area (TPSA) is 95.0 Å². The van der Waals surface area contributed by atoms with Crippen molar-refractivity contribution in [2.75, 3.05) is 18.0 Å². The maximum absolute atomic E-state index is 14.2. The number of aromatic nitrogens is 4. The predicted molar refractivity (Wildman–Crippen MR) is 121 cm³/mol. The van der Waals surface area contributed by atoms with Crippen LogP contribution >= 0.6 is 0 Å². The molecule has 1 fully saturated rings. The van der Waals surface area contributed by atoms with E-state index < -0.39 is 23.4 Å². The van der Waals surface area contributed by atoms with Gasteiger partial charge in [0.25, 0.3) is 0 Å². The molecule has 35 heavy (non-hydrogen) atoms. The molecule has 1 atom stereocenters. The summed E-state index contributed by atoms with van der Waals surface area (Å²) in [5.74, 6) is -0.534. The normalized spacial score (nSPS) is 20.2. The highest BCUT2D eigenvalue weighted by atomic mass is 19.4. The largest absolute Gasteiger partial charge is 0.479 e.